The zero-order valence-corrected chi connectivity index (χ0v) is 16.9. The molecule has 2 aromatic rings. The molecule has 0 unspecified atom stereocenters. The lowest BCUT2D eigenvalue weighted by atomic mass is 10.2. The van der Waals surface area contributed by atoms with Gasteiger partial charge in [0, 0.05) is 57.1 Å². The number of ether oxygens (including phenoxy) is 1. The number of hydrogen-bond donors (Lipinski definition) is 3. The molecular weight excluding hydrogens is 368 g/mol. The third-order valence-corrected chi connectivity index (χ3v) is 5.11. The molecule has 0 bridgehead atoms. The van der Waals surface area contributed by atoms with Crippen molar-refractivity contribution in [1.29, 1.82) is 0 Å². The van der Waals surface area contributed by atoms with Crippen molar-refractivity contribution >= 4 is 17.3 Å². The van der Waals surface area contributed by atoms with E-state index in [1.54, 1.807) is 7.11 Å². The molecule has 1 aliphatic heterocycles. The van der Waals surface area contributed by atoms with Crippen molar-refractivity contribution in [2.45, 2.75) is 13.0 Å². The van der Waals surface area contributed by atoms with E-state index in [-0.39, 0.29) is 12.6 Å². The molecule has 3 N–H and O–H groups in total. The highest BCUT2D eigenvalue weighted by Gasteiger charge is 2.16. The fourth-order valence-electron chi connectivity index (χ4n) is 3.30. The SMILES string of the molecule is COc1ccc(CNCCC(=O)Nc2ccc(N3CCN(CO)CC3)cc2)cc1. The molecule has 0 aliphatic carbocycles. The number of aliphatic hydroxyl groups excluding tert-OH is 1. The van der Waals surface area contributed by atoms with Crippen LogP contribution < -0.4 is 20.3 Å². The molecule has 0 spiro atoms. The zero-order chi connectivity index (χ0) is 20.5. The van der Waals surface area contributed by atoms with Crippen molar-refractivity contribution in [2.75, 3.05) is 56.8 Å². The van der Waals surface area contributed by atoms with Crippen LogP contribution in [0.15, 0.2) is 48.5 Å². The van der Waals surface area contributed by atoms with Crippen molar-refractivity contribution in [2.24, 2.45) is 0 Å². The zero-order valence-electron chi connectivity index (χ0n) is 16.9. The molecular formula is C22H30N4O3. The van der Waals surface area contributed by atoms with Crippen molar-refractivity contribution in [3.63, 3.8) is 0 Å². The van der Waals surface area contributed by atoms with Gasteiger partial charge in [0.1, 0.15) is 5.75 Å². The minimum absolute atomic E-state index is 0.00320. The topological polar surface area (TPSA) is 77.1 Å². The lowest BCUT2D eigenvalue weighted by Crippen LogP contribution is -2.46. The number of carbonyl (C=O) groups excluding carboxylic acids is 1. The van der Waals surface area contributed by atoms with Crippen LogP contribution in [-0.4, -0.2) is 62.5 Å². The summed E-state index contributed by atoms with van der Waals surface area (Å²) in [6.07, 6.45) is 0.418. The number of carbonyl (C=O) groups is 1. The van der Waals surface area contributed by atoms with Gasteiger partial charge in [-0.05, 0) is 42.0 Å². The van der Waals surface area contributed by atoms with Gasteiger partial charge in [-0.25, -0.2) is 0 Å². The normalized spacial score (nSPS) is 14.6. The summed E-state index contributed by atoms with van der Waals surface area (Å²) in [6.45, 7) is 4.96. The van der Waals surface area contributed by atoms with Crippen LogP contribution in [0.2, 0.25) is 0 Å². The quantitative estimate of drug-likeness (QED) is 0.560. The molecule has 7 nitrogen and oxygen atoms in total. The van der Waals surface area contributed by atoms with Crippen LogP contribution in [-0.2, 0) is 11.3 Å². The van der Waals surface area contributed by atoms with Crippen molar-refractivity contribution in [1.82, 2.24) is 10.2 Å². The average molecular weight is 399 g/mol. The van der Waals surface area contributed by atoms with E-state index in [4.69, 9.17) is 4.74 Å². The number of aliphatic hydroxyl groups is 1. The Labute approximate surface area is 172 Å². The molecule has 1 amide bonds. The van der Waals surface area contributed by atoms with Crippen LogP contribution in [0, 0.1) is 0 Å². The molecule has 1 aliphatic rings. The Balaban J connectivity index is 1.36. The Kier molecular flexibility index (Phi) is 7.86. The van der Waals surface area contributed by atoms with Gasteiger partial charge >= 0.3 is 0 Å². The van der Waals surface area contributed by atoms with Crippen LogP contribution in [0.1, 0.15) is 12.0 Å². The second-order valence-electron chi connectivity index (χ2n) is 7.12. The monoisotopic (exact) mass is 398 g/mol. The Bertz CT molecular complexity index is 757. The summed E-state index contributed by atoms with van der Waals surface area (Å²) in [5.74, 6) is 0.836. The summed E-state index contributed by atoms with van der Waals surface area (Å²) >= 11 is 0. The van der Waals surface area contributed by atoms with Crippen molar-refractivity contribution < 1.29 is 14.6 Å². The largest absolute Gasteiger partial charge is 0.497 e. The Morgan fingerprint density at radius 1 is 1.03 bits per heavy atom. The van der Waals surface area contributed by atoms with Crippen LogP contribution >= 0.6 is 0 Å². The van der Waals surface area contributed by atoms with Crippen LogP contribution in [0.3, 0.4) is 0 Å². The fraction of sp³-hybridized carbons (Fsp3) is 0.409. The maximum Gasteiger partial charge on any atom is 0.225 e. The van der Waals surface area contributed by atoms with Gasteiger partial charge in [0.2, 0.25) is 5.91 Å². The number of piperazine rings is 1. The van der Waals surface area contributed by atoms with Crippen molar-refractivity contribution in [3.05, 3.63) is 54.1 Å². The molecule has 3 rings (SSSR count). The maximum absolute atomic E-state index is 12.2. The molecule has 0 aromatic heterocycles. The van der Waals surface area contributed by atoms with Crippen LogP contribution in [0.4, 0.5) is 11.4 Å². The third-order valence-electron chi connectivity index (χ3n) is 5.11. The van der Waals surface area contributed by atoms with E-state index in [0.717, 1.165) is 55.4 Å². The van der Waals surface area contributed by atoms with Gasteiger partial charge in [0.15, 0.2) is 0 Å². The third kappa shape index (κ3) is 6.45. The predicted octanol–water partition coefficient (Wildman–Crippen LogP) is 1.89. The number of anilines is 2. The summed E-state index contributed by atoms with van der Waals surface area (Å²) in [5.41, 5.74) is 3.10. The van der Waals surface area contributed by atoms with E-state index in [1.165, 1.54) is 0 Å². The first-order chi connectivity index (χ1) is 14.2. The molecule has 29 heavy (non-hydrogen) atoms. The van der Waals surface area contributed by atoms with Gasteiger partial charge in [-0.1, -0.05) is 12.1 Å². The van der Waals surface area contributed by atoms with Crippen LogP contribution in [0.25, 0.3) is 0 Å². The molecule has 0 radical (unpaired) electrons. The highest BCUT2D eigenvalue weighted by molar-refractivity contribution is 5.91. The van der Waals surface area contributed by atoms with Crippen molar-refractivity contribution in [3.8, 4) is 5.75 Å². The Hall–Kier alpha value is -2.61. The Morgan fingerprint density at radius 2 is 1.72 bits per heavy atom. The summed E-state index contributed by atoms with van der Waals surface area (Å²) < 4.78 is 5.15. The number of nitrogens with zero attached hydrogens (tertiary/aromatic N) is 2. The number of hydrogen-bond acceptors (Lipinski definition) is 6. The highest BCUT2D eigenvalue weighted by Crippen LogP contribution is 2.19. The predicted molar refractivity (Wildman–Crippen MR) is 115 cm³/mol. The first-order valence-electron chi connectivity index (χ1n) is 9.99. The summed E-state index contributed by atoms with van der Waals surface area (Å²) in [6, 6.07) is 15.8. The average Bonchev–Trinajstić information content (AvgIpc) is 2.78. The number of rotatable bonds is 9. The molecule has 156 valence electrons. The first kappa shape index (κ1) is 21.1. The molecule has 1 saturated heterocycles. The maximum atomic E-state index is 12.2. The Morgan fingerprint density at radius 3 is 2.34 bits per heavy atom. The van der Waals surface area contributed by atoms with E-state index < -0.39 is 0 Å². The number of amides is 1. The van der Waals surface area contributed by atoms with E-state index in [2.05, 4.69) is 15.5 Å². The van der Waals surface area contributed by atoms with Gasteiger partial charge in [-0.3, -0.25) is 9.69 Å². The molecule has 2 aromatic carbocycles. The smallest absolute Gasteiger partial charge is 0.225 e. The standard InChI is InChI=1S/C22H30N4O3/c1-29-21-8-2-18(3-9-21)16-23-11-10-22(28)24-19-4-6-20(7-5-19)26-14-12-25(17-27)13-15-26/h2-9,23,27H,10-17H2,1H3,(H,24,28). The number of nitrogens with one attached hydrogen (secondary N) is 2. The van der Waals surface area contributed by atoms with Gasteiger partial charge in [-0.2, -0.15) is 0 Å². The summed E-state index contributed by atoms with van der Waals surface area (Å²) in [7, 11) is 1.65. The number of benzene rings is 2. The lowest BCUT2D eigenvalue weighted by molar-refractivity contribution is -0.116. The highest BCUT2D eigenvalue weighted by atomic mass is 16.5. The second kappa shape index (κ2) is 10.8. The molecule has 1 fully saturated rings. The minimum atomic E-state index is -0.00320. The summed E-state index contributed by atoms with van der Waals surface area (Å²) in [5, 5.41) is 15.4. The second-order valence-corrected chi connectivity index (χ2v) is 7.12. The van der Waals surface area contributed by atoms with Gasteiger partial charge < -0.3 is 25.4 Å². The molecule has 1 heterocycles. The summed E-state index contributed by atoms with van der Waals surface area (Å²) in [4.78, 5) is 16.5. The molecule has 0 atom stereocenters. The van der Waals surface area contributed by atoms with Crippen LogP contribution in [0.5, 0.6) is 5.75 Å². The van der Waals surface area contributed by atoms with E-state index >= 15 is 0 Å². The van der Waals surface area contributed by atoms with Gasteiger partial charge in [0.25, 0.3) is 0 Å². The van der Waals surface area contributed by atoms with Gasteiger partial charge in [0.05, 0.1) is 13.8 Å². The van der Waals surface area contributed by atoms with Gasteiger partial charge in [-0.15, -0.1) is 0 Å². The van der Waals surface area contributed by atoms with E-state index in [9.17, 15) is 9.90 Å². The fourth-order valence-corrected chi connectivity index (χ4v) is 3.30. The molecule has 0 saturated carbocycles. The van der Waals surface area contributed by atoms with E-state index in [0.29, 0.717) is 13.0 Å². The number of methoxy groups -OCH3 is 1. The lowest BCUT2D eigenvalue weighted by Gasteiger charge is -2.35. The van der Waals surface area contributed by atoms with E-state index in [1.807, 2.05) is 53.4 Å². The minimum Gasteiger partial charge on any atom is -0.497 e. The first-order valence-corrected chi connectivity index (χ1v) is 9.99. The molecule has 7 heteroatoms.